The van der Waals surface area contributed by atoms with Gasteiger partial charge in [0.25, 0.3) is 7.82 Å². The molecule has 0 saturated carbocycles. The van der Waals surface area contributed by atoms with Crippen molar-refractivity contribution in [1.29, 1.82) is 5.26 Å². The van der Waals surface area contributed by atoms with E-state index >= 15 is 0 Å². The summed E-state index contributed by atoms with van der Waals surface area (Å²) >= 11 is 0. The Balaban J connectivity index is 0.00000444. The van der Waals surface area contributed by atoms with Gasteiger partial charge in [-0.2, -0.15) is 11.4 Å². The summed E-state index contributed by atoms with van der Waals surface area (Å²) in [6, 6.07) is 3.22. The minimum atomic E-state index is -5.34. The zero-order valence-electron chi connectivity index (χ0n) is 53.0. The van der Waals surface area contributed by atoms with Crippen LogP contribution in [0.1, 0.15) is 139 Å². The van der Waals surface area contributed by atoms with Crippen LogP contribution in [-0.2, 0) is 68.7 Å². The van der Waals surface area contributed by atoms with E-state index in [2.05, 4.69) is 10.3 Å². The smallest absolute Gasteiger partial charge is 0.756 e. The van der Waals surface area contributed by atoms with Gasteiger partial charge in [0.1, 0.15) is 24.1 Å². The van der Waals surface area contributed by atoms with Gasteiger partial charge in [-0.3, -0.25) is 53.1 Å². The van der Waals surface area contributed by atoms with E-state index in [1.165, 1.54) is 36.0 Å². The van der Waals surface area contributed by atoms with Gasteiger partial charge in [0.15, 0.2) is 6.23 Å². The molecule has 2 fully saturated rings. The number of carbonyl (C=O) groups is 7. The number of hydrogen-bond donors (Lipinski definition) is 10. The molecule has 2 saturated heterocycles. The molecule has 8 rings (SSSR count). The first kappa shape index (κ1) is 73.8. The van der Waals surface area contributed by atoms with Gasteiger partial charge in [-0.15, -0.1) is 0 Å². The molecule has 8 bridgehead atoms. The van der Waals surface area contributed by atoms with Gasteiger partial charge in [0.2, 0.25) is 41.4 Å². The normalized spacial score (nSPS) is 33.3. The molecule has 16 N–H and O–H groups in total. The molecule has 29 nitrogen and oxygen atoms in total. The van der Waals surface area contributed by atoms with Crippen molar-refractivity contribution in [3.05, 3.63) is 70.7 Å². The van der Waals surface area contributed by atoms with E-state index in [-0.39, 0.29) is 99.7 Å². The molecule has 1 unspecified atom stereocenters. The minimum absolute atomic E-state index is 0. The van der Waals surface area contributed by atoms with Gasteiger partial charge in [-0.25, -0.2) is 4.98 Å². The molecule has 1 aromatic carbocycles. The molecule has 15 atom stereocenters. The summed E-state index contributed by atoms with van der Waals surface area (Å²) in [6.07, 6.45) is -5.25. The molecule has 0 radical (unpaired) electrons. The third-order valence-electron chi connectivity index (χ3n) is 19.8. The fourth-order valence-electron chi connectivity index (χ4n) is 15.1. The van der Waals surface area contributed by atoms with Crippen LogP contribution < -0.4 is 44.6 Å². The van der Waals surface area contributed by atoms with Crippen molar-refractivity contribution in [2.75, 3.05) is 13.2 Å². The quantitative estimate of drug-likeness (QED) is 0.0478. The Kier molecular flexibility index (Phi) is 22.6. The summed E-state index contributed by atoms with van der Waals surface area (Å²) in [7, 11) is -5.34. The summed E-state index contributed by atoms with van der Waals surface area (Å²) in [5, 5.41) is 45.8. The number of hydrogen-bond acceptors (Lipinski definition) is 20. The number of primary amides is 6. The van der Waals surface area contributed by atoms with Gasteiger partial charge in [-0.05, 0) is 88.0 Å². The third-order valence-corrected chi connectivity index (χ3v) is 21.0. The number of carbonyl (C=O) groups excluding carboxylic acids is 7. The molecule has 7 amide bonds. The molecule has 0 aliphatic carbocycles. The molecule has 2 aromatic rings. The SMILES string of the molecule is C/C1=C2/[N-]/C(=C\C3=NC(=C(/C)C4=N[C@@](C)([C@@H]5N=C1[C@](C)(CCC(=O)NC[C@H](C)OP(=O)([O-])O[C@H]1[C@@H](O)[C@@H](n6cnc7cc(O)ccc76)O[C@@H]1CO)[C@H]5CC(N)=O)[C@@](C)(CC(N)=O)[C@@H]4CCC(N)=O)/[C@@](C)(CC(N)=O)[C@@H]3CCC(N)=O)C(C)(C)[C@@H]2CCC(N)=O.[C-]#N.[Co+3]. The Morgan fingerprint density at radius 2 is 1.46 bits per heavy atom. The van der Waals surface area contributed by atoms with Crippen molar-refractivity contribution < 1.29 is 88.9 Å². The van der Waals surface area contributed by atoms with Crippen LogP contribution in [-0.4, -0.2) is 133 Å². The first-order valence-electron chi connectivity index (χ1n) is 30.0. The number of aromatic hydroxyl groups is 1. The largest absolute Gasteiger partial charge is 3.00 e. The van der Waals surface area contributed by atoms with E-state index in [1.54, 1.807) is 13.8 Å². The number of benzene rings is 1. The summed E-state index contributed by atoms with van der Waals surface area (Å²) in [6.45, 7) is 19.7. The van der Waals surface area contributed by atoms with Crippen molar-refractivity contribution in [3.63, 3.8) is 0 Å². The zero-order valence-corrected chi connectivity index (χ0v) is 54.9. The van der Waals surface area contributed by atoms with E-state index in [4.69, 9.17) is 80.3 Å². The summed E-state index contributed by atoms with van der Waals surface area (Å²) in [4.78, 5) is 128. The number of aromatic nitrogens is 2. The number of nitrogens with zero attached hydrogens (tertiary/aromatic N) is 7. The Bertz CT molecular complexity index is 3550. The molecule has 0 spiro atoms. The van der Waals surface area contributed by atoms with E-state index in [0.717, 1.165) is 0 Å². The topological polar surface area (TPSA) is 509 Å². The first-order valence-corrected chi connectivity index (χ1v) is 31.5. The molecule has 6 aliphatic rings. The number of rotatable bonds is 26. The molecule has 7 heterocycles. The van der Waals surface area contributed by atoms with Crippen LogP contribution in [0.2, 0.25) is 0 Å². The summed E-state index contributed by atoms with van der Waals surface area (Å²) in [5.41, 5.74) is 34.2. The average molecular weight is 1340 g/mol. The van der Waals surface area contributed by atoms with E-state index < -0.39 is 143 Å². The number of imidazole rings is 1. The molecule has 92 heavy (non-hydrogen) atoms. The number of amides is 7. The number of nitrogens with two attached hydrogens (primary N) is 6. The summed E-state index contributed by atoms with van der Waals surface area (Å²) in [5.74, 6) is -7.55. The fraction of sp³-hybridized carbons (Fsp3) is 0.607. The number of phosphoric ester groups is 1. The van der Waals surface area contributed by atoms with Gasteiger partial charge in [-0.1, -0.05) is 40.7 Å². The Morgan fingerprint density at radius 3 is 2.03 bits per heavy atom. The Morgan fingerprint density at radius 1 is 0.859 bits per heavy atom. The Labute approximate surface area is 543 Å². The van der Waals surface area contributed by atoms with Crippen LogP contribution in [0.25, 0.3) is 16.4 Å². The van der Waals surface area contributed by atoms with Gasteiger partial charge < -0.3 is 95.4 Å². The number of aliphatic imine (C=N–C) groups is 3. The van der Waals surface area contributed by atoms with Crippen molar-refractivity contribution in [1.82, 2.24) is 14.9 Å². The molecular formula is C61H84CoN14O15P. The monoisotopic (exact) mass is 1340 g/mol. The molecule has 6 aliphatic heterocycles. The average Bonchev–Trinajstić information content (AvgIpc) is 1.53. The zero-order chi connectivity index (χ0) is 67.8. The van der Waals surface area contributed by atoms with Crippen molar-refractivity contribution >= 4 is 77.3 Å². The van der Waals surface area contributed by atoms with Gasteiger partial charge in [0.05, 0.1) is 47.3 Å². The second-order valence-electron chi connectivity index (χ2n) is 26.2. The standard InChI is InChI=1S/C60H86N13O15P.CN.Co/c1-28(87-89(84,85)88-51-39(26-74)86-55(50(51)83)73-27-68-37-20-31(75)10-14-38(37)73)25-67-47(82)18-19-57(6)35(21-44(64)79)54-60(9)59(8,24-46(66)81)34(13-17-43(63)78)49(72-60)30(3)53-58(7,23-45(65)80)32(11-15-41(61)76)36(69-53)22-40-56(4,5)33(12-16-42(62)77)48(70-40)29(2)52(57)71-54;1-2;/h10,14,20,22,27-28,32-35,39,50-51,54-55,74,83H,11-13,15-19,21,23-26H2,1-9H3,(H16,61,62,63,64,65,66,67,69,70,71,72,75,76,77,78,79,80,81,82,84,85);;/q;-1;+3/p-2/t28-,32+,33+,34+,35-,39+,50+,51+,54+,55-,57+,58-,59-,60-;;/m0../s1. The Hall–Kier alpha value is -7.20. The van der Waals surface area contributed by atoms with Crippen LogP contribution in [0.3, 0.4) is 0 Å². The number of phosphoric acid groups is 1. The third kappa shape index (κ3) is 14.3. The van der Waals surface area contributed by atoms with Crippen molar-refractivity contribution in [2.45, 2.75) is 175 Å². The maximum atomic E-state index is 14.3. The van der Waals surface area contributed by atoms with Crippen LogP contribution in [0.5, 0.6) is 5.75 Å². The molecule has 1 aromatic heterocycles. The molecule has 31 heteroatoms. The number of fused-ring (bicyclic) bond motifs is 7. The number of nitrogens with one attached hydrogen (secondary N) is 1. The van der Waals surface area contributed by atoms with Crippen LogP contribution in [0.4, 0.5) is 0 Å². The van der Waals surface area contributed by atoms with E-state index in [0.29, 0.717) is 56.4 Å². The number of aliphatic hydroxyl groups excluding tert-OH is 2. The summed E-state index contributed by atoms with van der Waals surface area (Å²) < 4.78 is 31.5. The number of aliphatic hydroxyl groups is 2. The first-order chi connectivity index (χ1) is 42.4. The number of allylic oxidation sites excluding steroid dienone is 6. The maximum absolute atomic E-state index is 14.3. The van der Waals surface area contributed by atoms with Crippen LogP contribution in [0, 0.1) is 57.2 Å². The van der Waals surface area contributed by atoms with Gasteiger partial charge in [0, 0.05) is 109 Å². The van der Waals surface area contributed by atoms with Crippen molar-refractivity contribution in [3.8, 4) is 5.75 Å². The minimum Gasteiger partial charge on any atom is -0.756 e. The van der Waals surface area contributed by atoms with Crippen LogP contribution >= 0.6 is 7.82 Å². The van der Waals surface area contributed by atoms with E-state index in [1.807, 2.05) is 47.6 Å². The molecular weight excluding hydrogens is 1260 g/mol. The number of ether oxygens (including phenoxy) is 1. The fourth-order valence-corrected chi connectivity index (χ4v) is 16.2. The number of phenolic OH excluding ortho intramolecular Hbond substituents is 1. The second kappa shape index (κ2) is 28.2. The maximum Gasteiger partial charge on any atom is 3.00 e. The van der Waals surface area contributed by atoms with Crippen molar-refractivity contribution in [2.24, 2.45) is 94.7 Å². The predicted octanol–water partition coefficient (Wildman–Crippen LogP) is 2.50. The number of phenols is 1. The van der Waals surface area contributed by atoms with Gasteiger partial charge >= 0.3 is 16.8 Å². The van der Waals surface area contributed by atoms with Crippen LogP contribution in [0.15, 0.2) is 73.8 Å². The van der Waals surface area contributed by atoms with E-state index in [9.17, 15) is 58.3 Å². The predicted molar refractivity (Wildman–Crippen MR) is 329 cm³/mol. The molecule has 502 valence electrons. The second-order valence-corrected chi connectivity index (χ2v) is 27.6.